The third-order valence-corrected chi connectivity index (χ3v) is 10.6. The van der Waals surface area contributed by atoms with Crippen LogP contribution in [0.5, 0.6) is 0 Å². The first kappa shape index (κ1) is 35.3. The van der Waals surface area contributed by atoms with Gasteiger partial charge in [0.2, 0.25) is 0 Å². The molecule has 0 unspecified atom stereocenters. The second kappa shape index (κ2) is 16.1. The zero-order valence-electron chi connectivity index (χ0n) is 31.9. The van der Waals surface area contributed by atoms with Crippen molar-refractivity contribution in [1.82, 2.24) is 0 Å². The Bertz CT molecular complexity index is 2710. The highest BCUT2D eigenvalue weighted by Crippen LogP contribution is 2.40. The molecule has 0 fully saturated rings. The highest BCUT2D eigenvalue weighted by atomic mass is 15.1. The van der Waals surface area contributed by atoms with Crippen LogP contribution in [0.3, 0.4) is 0 Å². The monoisotopic (exact) mass is 730 g/mol. The van der Waals surface area contributed by atoms with Gasteiger partial charge in [0.05, 0.1) is 0 Å². The normalized spacial score (nSPS) is 10.9. The SMILES string of the molecule is Cc1cc(N(c2ccccc2)c2cccc(-c3ccc(-c4cccc(N(c5ccccc5)c5ccc(-c6ccccc6)cc5)c4)cc3)c2)ccc1-c1ccccc1. The standard InChI is InChI=1S/C55H42N2/c1-41-38-54(36-37-55(41)46-18-8-3-9-19-46)57(50-24-12-5-13-25-50)53-27-15-21-48(40-53)45-30-28-44(29-31-45)47-20-14-26-52(39-47)56(49-22-10-4-11-23-49)51-34-32-43(33-35-51)42-16-6-2-7-17-42/h2-40H,1H3. The molecule has 272 valence electrons. The Balaban J connectivity index is 1.02. The minimum atomic E-state index is 1.11. The summed E-state index contributed by atoms with van der Waals surface area (Å²) in [4.78, 5) is 4.67. The molecule has 0 amide bonds. The molecule has 0 saturated carbocycles. The van der Waals surface area contributed by atoms with Gasteiger partial charge < -0.3 is 9.80 Å². The van der Waals surface area contributed by atoms with Crippen molar-refractivity contribution in [2.24, 2.45) is 0 Å². The van der Waals surface area contributed by atoms with Gasteiger partial charge in [-0.2, -0.15) is 0 Å². The van der Waals surface area contributed by atoms with Crippen molar-refractivity contribution in [3.8, 4) is 44.5 Å². The Morgan fingerprint density at radius 2 is 0.544 bits per heavy atom. The predicted octanol–water partition coefficient (Wildman–Crippen LogP) is 15.6. The number of anilines is 6. The first-order valence-corrected chi connectivity index (χ1v) is 19.5. The van der Waals surface area contributed by atoms with E-state index >= 15 is 0 Å². The van der Waals surface area contributed by atoms with E-state index in [0.29, 0.717) is 0 Å². The molecular formula is C55H42N2. The molecule has 0 saturated heterocycles. The van der Waals surface area contributed by atoms with Gasteiger partial charge in [0.15, 0.2) is 0 Å². The van der Waals surface area contributed by atoms with Crippen LogP contribution in [-0.2, 0) is 0 Å². The lowest BCUT2D eigenvalue weighted by Crippen LogP contribution is -2.10. The van der Waals surface area contributed by atoms with Crippen molar-refractivity contribution in [2.75, 3.05) is 9.80 Å². The van der Waals surface area contributed by atoms with Gasteiger partial charge in [0.1, 0.15) is 0 Å². The van der Waals surface area contributed by atoms with Crippen LogP contribution in [0.2, 0.25) is 0 Å². The molecule has 57 heavy (non-hydrogen) atoms. The molecule has 0 radical (unpaired) electrons. The number of aryl methyl sites for hydroxylation is 1. The molecule has 9 aromatic rings. The summed E-state index contributed by atoms with van der Waals surface area (Å²) in [6, 6.07) is 84.6. The van der Waals surface area contributed by atoms with Crippen molar-refractivity contribution in [3.63, 3.8) is 0 Å². The van der Waals surface area contributed by atoms with Gasteiger partial charge >= 0.3 is 0 Å². The van der Waals surface area contributed by atoms with Crippen LogP contribution in [0, 0.1) is 6.92 Å². The average molecular weight is 731 g/mol. The van der Waals surface area contributed by atoms with E-state index in [1.54, 1.807) is 0 Å². The number of rotatable bonds is 10. The van der Waals surface area contributed by atoms with Crippen LogP contribution in [0.4, 0.5) is 34.1 Å². The van der Waals surface area contributed by atoms with Gasteiger partial charge in [-0.15, -0.1) is 0 Å². The van der Waals surface area contributed by atoms with E-state index in [2.05, 4.69) is 253 Å². The van der Waals surface area contributed by atoms with E-state index < -0.39 is 0 Å². The molecule has 0 N–H and O–H groups in total. The van der Waals surface area contributed by atoms with E-state index in [0.717, 1.165) is 34.1 Å². The van der Waals surface area contributed by atoms with Gasteiger partial charge in [-0.05, 0) is 130 Å². The quantitative estimate of drug-likeness (QED) is 0.138. The number of para-hydroxylation sites is 2. The van der Waals surface area contributed by atoms with Crippen molar-refractivity contribution in [3.05, 3.63) is 242 Å². The van der Waals surface area contributed by atoms with Gasteiger partial charge in [-0.1, -0.05) is 164 Å². The molecule has 2 nitrogen and oxygen atoms in total. The van der Waals surface area contributed by atoms with Crippen molar-refractivity contribution < 1.29 is 0 Å². The van der Waals surface area contributed by atoms with Gasteiger partial charge in [0.25, 0.3) is 0 Å². The van der Waals surface area contributed by atoms with Crippen LogP contribution >= 0.6 is 0 Å². The number of hydrogen-bond donors (Lipinski definition) is 0. The molecule has 0 spiro atoms. The minimum absolute atomic E-state index is 1.11. The smallest absolute Gasteiger partial charge is 0.0467 e. The summed E-state index contributed by atoms with van der Waals surface area (Å²) in [7, 11) is 0. The topological polar surface area (TPSA) is 6.48 Å². The first-order valence-electron chi connectivity index (χ1n) is 19.5. The summed E-state index contributed by atoms with van der Waals surface area (Å²) in [6.07, 6.45) is 0. The van der Waals surface area contributed by atoms with Gasteiger partial charge in [0, 0.05) is 34.1 Å². The minimum Gasteiger partial charge on any atom is -0.310 e. The number of hydrogen-bond acceptors (Lipinski definition) is 2. The Morgan fingerprint density at radius 1 is 0.228 bits per heavy atom. The molecule has 0 aliphatic rings. The summed E-state index contributed by atoms with van der Waals surface area (Å²) in [5.74, 6) is 0. The second-order valence-corrected chi connectivity index (χ2v) is 14.3. The average Bonchev–Trinajstić information content (AvgIpc) is 3.28. The summed E-state index contributed by atoms with van der Waals surface area (Å²) in [5, 5.41) is 0. The number of benzene rings is 9. The molecule has 9 rings (SSSR count). The predicted molar refractivity (Wildman–Crippen MR) is 242 cm³/mol. The molecule has 0 heterocycles. The fourth-order valence-electron chi connectivity index (χ4n) is 7.71. The zero-order valence-corrected chi connectivity index (χ0v) is 31.9. The summed E-state index contributed by atoms with van der Waals surface area (Å²) < 4.78 is 0. The lowest BCUT2D eigenvalue weighted by Gasteiger charge is -2.27. The molecule has 2 heteroatoms. The Hall–Kier alpha value is -7.42. The summed E-state index contributed by atoms with van der Waals surface area (Å²) >= 11 is 0. The highest BCUT2D eigenvalue weighted by Gasteiger charge is 2.16. The van der Waals surface area contributed by atoms with Crippen LogP contribution in [0.15, 0.2) is 237 Å². The molecule has 0 aliphatic carbocycles. The van der Waals surface area contributed by atoms with E-state index in [9.17, 15) is 0 Å². The number of nitrogens with zero attached hydrogens (tertiary/aromatic N) is 2. The van der Waals surface area contributed by atoms with Crippen molar-refractivity contribution >= 4 is 34.1 Å². The van der Waals surface area contributed by atoms with E-state index in [1.807, 2.05) is 0 Å². The fourth-order valence-corrected chi connectivity index (χ4v) is 7.71. The van der Waals surface area contributed by atoms with Gasteiger partial charge in [-0.3, -0.25) is 0 Å². The largest absolute Gasteiger partial charge is 0.310 e. The second-order valence-electron chi connectivity index (χ2n) is 14.3. The Morgan fingerprint density at radius 3 is 1.04 bits per heavy atom. The molecule has 0 aromatic heterocycles. The van der Waals surface area contributed by atoms with Gasteiger partial charge in [-0.25, -0.2) is 0 Å². The maximum absolute atomic E-state index is 2.35. The molecule has 0 atom stereocenters. The maximum atomic E-state index is 2.35. The first-order chi connectivity index (χ1) is 28.2. The maximum Gasteiger partial charge on any atom is 0.0467 e. The van der Waals surface area contributed by atoms with Crippen LogP contribution in [-0.4, -0.2) is 0 Å². The Labute approximate surface area is 336 Å². The zero-order chi connectivity index (χ0) is 38.4. The van der Waals surface area contributed by atoms with Crippen LogP contribution in [0.1, 0.15) is 5.56 Å². The van der Waals surface area contributed by atoms with E-state index in [-0.39, 0.29) is 0 Å². The van der Waals surface area contributed by atoms with Crippen LogP contribution in [0.25, 0.3) is 44.5 Å². The molecule has 0 bridgehead atoms. The fraction of sp³-hybridized carbons (Fsp3) is 0.0182. The van der Waals surface area contributed by atoms with E-state index in [4.69, 9.17) is 0 Å². The molecule has 9 aromatic carbocycles. The molecule has 0 aliphatic heterocycles. The lowest BCUT2D eigenvalue weighted by molar-refractivity contribution is 1.27. The van der Waals surface area contributed by atoms with Crippen molar-refractivity contribution in [2.45, 2.75) is 6.92 Å². The van der Waals surface area contributed by atoms with Crippen LogP contribution < -0.4 is 9.80 Å². The Kier molecular flexibility index (Phi) is 9.99. The van der Waals surface area contributed by atoms with E-state index in [1.165, 1.54) is 50.1 Å². The van der Waals surface area contributed by atoms with Crippen molar-refractivity contribution in [1.29, 1.82) is 0 Å². The highest BCUT2D eigenvalue weighted by molar-refractivity contribution is 5.84. The third kappa shape index (κ3) is 7.62. The summed E-state index contributed by atoms with van der Waals surface area (Å²) in [6.45, 7) is 2.20. The lowest BCUT2D eigenvalue weighted by atomic mass is 9.98. The summed E-state index contributed by atoms with van der Waals surface area (Å²) in [5.41, 5.74) is 17.5. The third-order valence-electron chi connectivity index (χ3n) is 10.6. The molecular weight excluding hydrogens is 689 g/mol.